The highest BCUT2D eigenvalue weighted by Crippen LogP contribution is 2.34. The van der Waals surface area contributed by atoms with Gasteiger partial charge in [0.15, 0.2) is 0 Å². The van der Waals surface area contributed by atoms with E-state index in [4.69, 9.17) is 22.4 Å². The normalized spacial score (nSPS) is 15.2. The zero-order valence-corrected chi connectivity index (χ0v) is 11.1. The minimum Gasteiger partial charge on any atom is -0.480 e. The number of hydrogen-bond donors (Lipinski definition) is 2. The topological polar surface area (TPSA) is 63.3 Å². The van der Waals surface area contributed by atoms with Crippen LogP contribution in [0, 0.1) is 0 Å². The summed E-state index contributed by atoms with van der Waals surface area (Å²) in [4.78, 5) is 10.8. The molecule has 0 fully saturated rings. The van der Waals surface area contributed by atoms with Gasteiger partial charge in [0, 0.05) is 15.9 Å². The predicted octanol–water partition coefficient (Wildman–Crippen LogP) is 2.99. The van der Waals surface area contributed by atoms with E-state index in [-0.39, 0.29) is 10.6 Å². The quantitative estimate of drug-likeness (QED) is 0.884. The van der Waals surface area contributed by atoms with Crippen LogP contribution in [0.2, 0.25) is 5.02 Å². The summed E-state index contributed by atoms with van der Waals surface area (Å²) in [6.45, 7) is 0. The number of alkyl halides is 3. The third-order valence-electron chi connectivity index (χ3n) is 2.37. The molecule has 1 rings (SSSR count). The van der Waals surface area contributed by atoms with Crippen molar-refractivity contribution in [2.45, 2.75) is 18.1 Å². The Bertz CT molecular complexity index is 481. The van der Waals surface area contributed by atoms with Gasteiger partial charge < -0.3 is 10.8 Å². The van der Waals surface area contributed by atoms with E-state index < -0.39 is 24.1 Å². The maximum absolute atomic E-state index is 12.7. The van der Waals surface area contributed by atoms with Crippen LogP contribution in [-0.2, 0) is 11.2 Å². The van der Waals surface area contributed by atoms with Crippen molar-refractivity contribution in [1.82, 2.24) is 0 Å². The lowest BCUT2D eigenvalue weighted by atomic mass is 9.91. The van der Waals surface area contributed by atoms with Crippen molar-refractivity contribution in [1.29, 1.82) is 0 Å². The van der Waals surface area contributed by atoms with Crippen molar-refractivity contribution >= 4 is 33.5 Å². The van der Waals surface area contributed by atoms with Gasteiger partial charge in [-0.25, -0.2) is 4.79 Å². The third kappa shape index (κ3) is 2.96. The molecule has 8 heteroatoms. The Morgan fingerprint density at radius 1 is 1.44 bits per heavy atom. The molecule has 18 heavy (non-hydrogen) atoms. The lowest BCUT2D eigenvalue weighted by Crippen LogP contribution is -2.61. The summed E-state index contributed by atoms with van der Waals surface area (Å²) in [5, 5.41) is 8.70. The molecule has 0 aliphatic heterocycles. The highest BCUT2D eigenvalue weighted by molar-refractivity contribution is 9.10. The number of carbonyl (C=O) groups is 1. The summed E-state index contributed by atoms with van der Waals surface area (Å²) in [6.07, 6.45) is -6.01. The van der Waals surface area contributed by atoms with Crippen LogP contribution in [0.4, 0.5) is 13.2 Å². The fourth-order valence-corrected chi connectivity index (χ4v) is 2.00. The third-order valence-corrected chi connectivity index (χ3v) is 3.22. The molecule has 0 saturated heterocycles. The molecule has 1 aromatic carbocycles. The van der Waals surface area contributed by atoms with Gasteiger partial charge in [0.1, 0.15) is 0 Å². The van der Waals surface area contributed by atoms with Gasteiger partial charge in [-0.05, 0) is 17.7 Å². The van der Waals surface area contributed by atoms with Crippen LogP contribution in [0.25, 0.3) is 0 Å². The van der Waals surface area contributed by atoms with E-state index in [1.165, 1.54) is 18.2 Å². The van der Waals surface area contributed by atoms with Gasteiger partial charge >= 0.3 is 12.1 Å². The van der Waals surface area contributed by atoms with Crippen LogP contribution in [0.3, 0.4) is 0 Å². The largest absolute Gasteiger partial charge is 0.480 e. The Kier molecular flexibility index (Phi) is 4.30. The minimum atomic E-state index is -5.07. The SMILES string of the molecule is NC(Cc1ccc(Br)cc1Cl)(C(=O)O)C(F)(F)F. The molecular formula is C10H8BrClF3NO2. The average Bonchev–Trinajstić information content (AvgIpc) is 2.20. The second kappa shape index (κ2) is 5.07. The van der Waals surface area contributed by atoms with Crippen molar-refractivity contribution in [3.63, 3.8) is 0 Å². The van der Waals surface area contributed by atoms with Gasteiger partial charge in [-0.15, -0.1) is 0 Å². The summed E-state index contributed by atoms with van der Waals surface area (Å²) < 4.78 is 38.7. The van der Waals surface area contributed by atoms with Crippen LogP contribution < -0.4 is 5.73 Å². The number of benzene rings is 1. The number of halogens is 5. The predicted molar refractivity (Wildman–Crippen MR) is 63.5 cm³/mol. The molecule has 0 radical (unpaired) electrons. The zero-order valence-electron chi connectivity index (χ0n) is 8.76. The van der Waals surface area contributed by atoms with E-state index in [0.717, 1.165) is 0 Å². The maximum Gasteiger partial charge on any atom is 0.417 e. The van der Waals surface area contributed by atoms with Crippen molar-refractivity contribution in [3.05, 3.63) is 33.3 Å². The first-order valence-electron chi connectivity index (χ1n) is 4.61. The summed E-state index contributed by atoms with van der Waals surface area (Å²) in [5.74, 6) is -2.14. The molecule has 0 saturated carbocycles. The van der Waals surface area contributed by atoms with Crippen LogP contribution in [0.1, 0.15) is 5.56 Å². The molecule has 0 aliphatic rings. The number of hydrogen-bond acceptors (Lipinski definition) is 2. The van der Waals surface area contributed by atoms with E-state index >= 15 is 0 Å². The first-order chi connectivity index (χ1) is 8.08. The molecule has 1 unspecified atom stereocenters. The lowest BCUT2D eigenvalue weighted by molar-refractivity contribution is -0.201. The van der Waals surface area contributed by atoms with E-state index in [2.05, 4.69) is 15.9 Å². The zero-order chi connectivity index (χ0) is 14.1. The molecule has 1 aromatic rings. The Morgan fingerprint density at radius 2 is 2.00 bits per heavy atom. The van der Waals surface area contributed by atoms with Crippen LogP contribution in [-0.4, -0.2) is 22.8 Å². The Morgan fingerprint density at radius 3 is 2.39 bits per heavy atom. The standard InChI is InChI=1S/C10H8BrClF3NO2/c11-6-2-1-5(7(12)3-6)4-9(16,8(17)18)10(13,14)15/h1-3H,4,16H2,(H,17,18). The maximum atomic E-state index is 12.7. The summed E-state index contributed by atoms with van der Waals surface area (Å²) in [7, 11) is 0. The molecule has 1 atom stereocenters. The smallest absolute Gasteiger partial charge is 0.417 e. The number of nitrogens with two attached hydrogens (primary N) is 1. The lowest BCUT2D eigenvalue weighted by Gasteiger charge is -2.27. The molecule has 0 aromatic heterocycles. The molecule has 0 amide bonds. The molecule has 0 aliphatic carbocycles. The van der Waals surface area contributed by atoms with Gasteiger partial charge in [0.2, 0.25) is 5.54 Å². The Balaban J connectivity index is 3.17. The van der Waals surface area contributed by atoms with Crippen LogP contribution in [0.15, 0.2) is 22.7 Å². The second-order valence-electron chi connectivity index (χ2n) is 3.69. The summed E-state index contributed by atoms with van der Waals surface area (Å²) in [6, 6.07) is 4.12. The second-order valence-corrected chi connectivity index (χ2v) is 5.01. The van der Waals surface area contributed by atoms with Crippen molar-refractivity contribution in [3.8, 4) is 0 Å². The van der Waals surface area contributed by atoms with Crippen LogP contribution >= 0.6 is 27.5 Å². The van der Waals surface area contributed by atoms with E-state index in [1.54, 1.807) is 0 Å². The Hall–Kier alpha value is -0.790. The number of carboxylic acids is 1. The average molecular weight is 347 g/mol. The highest BCUT2D eigenvalue weighted by atomic mass is 79.9. The van der Waals surface area contributed by atoms with Gasteiger partial charge in [0.25, 0.3) is 0 Å². The molecule has 0 spiro atoms. The van der Waals surface area contributed by atoms with Crippen LogP contribution in [0.5, 0.6) is 0 Å². The first-order valence-corrected chi connectivity index (χ1v) is 5.78. The fraction of sp³-hybridized carbons (Fsp3) is 0.300. The molecule has 0 heterocycles. The summed E-state index contributed by atoms with van der Waals surface area (Å²) in [5.41, 5.74) is 1.62. The van der Waals surface area contributed by atoms with Gasteiger partial charge in [0.05, 0.1) is 0 Å². The highest BCUT2D eigenvalue weighted by Gasteiger charge is 2.58. The summed E-state index contributed by atoms with van der Waals surface area (Å²) >= 11 is 8.83. The van der Waals surface area contributed by atoms with Crippen molar-refractivity contribution < 1.29 is 23.1 Å². The molecule has 0 bridgehead atoms. The van der Waals surface area contributed by atoms with E-state index in [1.807, 2.05) is 0 Å². The minimum absolute atomic E-state index is 0.0158. The fourth-order valence-electron chi connectivity index (χ4n) is 1.26. The number of carboxylic acid groups (broad SMARTS) is 1. The first kappa shape index (κ1) is 15.3. The molecule has 3 nitrogen and oxygen atoms in total. The van der Waals surface area contributed by atoms with E-state index in [0.29, 0.717) is 4.47 Å². The van der Waals surface area contributed by atoms with Crippen molar-refractivity contribution in [2.75, 3.05) is 0 Å². The monoisotopic (exact) mass is 345 g/mol. The Labute approximate surface area is 114 Å². The molecule has 3 N–H and O–H groups in total. The number of aliphatic carboxylic acids is 1. The van der Waals surface area contributed by atoms with Crippen molar-refractivity contribution in [2.24, 2.45) is 5.73 Å². The van der Waals surface area contributed by atoms with Gasteiger partial charge in [-0.3, -0.25) is 0 Å². The number of rotatable bonds is 3. The molecular weight excluding hydrogens is 338 g/mol. The molecule has 100 valence electrons. The van der Waals surface area contributed by atoms with Gasteiger partial charge in [-0.2, -0.15) is 13.2 Å². The van der Waals surface area contributed by atoms with Gasteiger partial charge in [-0.1, -0.05) is 33.6 Å². The van der Waals surface area contributed by atoms with E-state index in [9.17, 15) is 18.0 Å².